The fourth-order valence-corrected chi connectivity index (χ4v) is 2.66. The molecule has 0 spiro atoms. The minimum atomic E-state index is -0.510. The average molecular weight is 213 g/mol. The van der Waals surface area contributed by atoms with E-state index in [2.05, 4.69) is 19.2 Å². The van der Waals surface area contributed by atoms with Crippen LogP contribution >= 0.6 is 0 Å². The Morgan fingerprint density at radius 1 is 1.40 bits per heavy atom. The third-order valence-corrected chi connectivity index (χ3v) is 3.73. The highest BCUT2D eigenvalue weighted by Gasteiger charge is 2.34. The van der Waals surface area contributed by atoms with E-state index in [1.165, 1.54) is 25.7 Å². The summed E-state index contributed by atoms with van der Waals surface area (Å²) in [6.45, 7) is 8.22. The molecule has 0 radical (unpaired) electrons. The molecule has 3 atom stereocenters. The first-order valence-corrected chi connectivity index (χ1v) is 6.49. The smallest absolute Gasteiger partial charge is 0.0771 e. The van der Waals surface area contributed by atoms with Gasteiger partial charge in [-0.15, -0.1) is 0 Å². The first-order chi connectivity index (χ1) is 7.06. The monoisotopic (exact) mass is 213 g/mol. The Morgan fingerprint density at radius 3 is 2.73 bits per heavy atom. The van der Waals surface area contributed by atoms with Gasteiger partial charge in [-0.25, -0.2) is 0 Å². The van der Waals surface area contributed by atoms with Crippen molar-refractivity contribution in [1.29, 1.82) is 0 Å². The number of hydrogen-bond acceptors (Lipinski definition) is 2. The Kier molecular flexibility index (Phi) is 5.07. The molecule has 2 N–H and O–H groups in total. The summed E-state index contributed by atoms with van der Waals surface area (Å²) in [6.07, 6.45) is 6.16. The van der Waals surface area contributed by atoms with Gasteiger partial charge in [0.05, 0.1) is 5.60 Å². The van der Waals surface area contributed by atoms with Gasteiger partial charge in [-0.05, 0) is 44.6 Å². The van der Waals surface area contributed by atoms with Crippen LogP contribution in [0.25, 0.3) is 0 Å². The normalized spacial score (nSPS) is 31.2. The van der Waals surface area contributed by atoms with E-state index in [-0.39, 0.29) is 0 Å². The minimum absolute atomic E-state index is 0.491. The van der Waals surface area contributed by atoms with Crippen LogP contribution in [0.3, 0.4) is 0 Å². The van der Waals surface area contributed by atoms with E-state index >= 15 is 0 Å². The van der Waals surface area contributed by atoms with E-state index in [4.69, 9.17) is 0 Å². The second-order valence-electron chi connectivity index (χ2n) is 5.50. The van der Waals surface area contributed by atoms with Gasteiger partial charge in [0.15, 0.2) is 0 Å². The Bertz CT molecular complexity index is 179. The molecule has 0 aromatic rings. The maximum atomic E-state index is 10.4. The zero-order chi connectivity index (χ0) is 11.3. The van der Waals surface area contributed by atoms with Gasteiger partial charge in [-0.2, -0.15) is 0 Å². The molecular weight excluding hydrogens is 186 g/mol. The standard InChI is InChI=1S/C13H27NO/c1-4-8-14-10-13(3,15)12-7-5-6-11(2)9-12/h11-12,14-15H,4-10H2,1-3H3. The Hall–Kier alpha value is -0.0800. The lowest BCUT2D eigenvalue weighted by atomic mass is 9.74. The van der Waals surface area contributed by atoms with Crippen molar-refractivity contribution in [2.24, 2.45) is 11.8 Å². The molecule has 1 aliphatic rings. The van der Waals surface area contributed by atoms with Crippen molar-refractivity contribution >= 4 is 0 Å². The van der Waals surface area contributed by atoms with Gasteiger partial charge in [0.2, 0.25) is 0 Å². The van der Waals surface area contributed by atoms with Gasteiger partial charge in [-0.3, -0.25) is 0 Å². The first-order valence-electron chi connectivity index (χ1n) is 6.49. The molecule has 0 saturated heterocycles. The molecule has 1 aliphatic carbocycles. The van der Waals surface area contributed by atoms with Crippen LogP contribution in [0, 0.1) is 11.8 Å². The molecule has 15 heavy (non-hydrogen) atoms. The van der Waals surface area contributed by atoms with E-state index in [0.29, 0.717) is 5.92 Å². The van der Waals surface area contributed by atoms with Crippen molar-refractivity contribution in [3.05, 3.63) is 0 Å². The molecular formula is C13H27NO. The van der Waals surface area contributed by atoms with E-state index in [1.807, 2.05) is 6.92 Å². The minimum Gasteiger partial charge on any atom is -0.389 e. The van der Waals surface area contributed by atoms with Gasteiger partial charge in [0.1, 0.15) is 0 Å². The van der Waals surface area contributed by atoms with E-state index in [9.17, 15) is 5.11 Å². The lowest BCUT2D eigenvalue weighted by molar-refractivity contribution is -0.0228. The number of aliphatic hydroxyl groups is 1. The van der Waals surface area contributed by atoms with Crippen LogP contribution in [-0.2, 0) is 0 Å². The quantitative estimate of drug-likeness (QED) is 0.688. The predicted molar refractivity (Wildman–Crippen MR) is 64.9 cm³/mol. The number of hydrogen-bond donors (Lipinski definition) is 2. The summed E-state index contributed by atoms with van der Waals surface area (Å²) in [5.74, 6) is 1.28. The molecule has 0 aromatic heterocycles. The Balaban J connectivity index is 2.37. The molecule has 0 bridgehead atoms. The molecule has 2 nitrogen and oxygen atoms in total. The largest absolute Gasteiger partial charge is 0.389 e. The number of rotatable bonds is 5. The van der Waals surface area contributed by atoms with Crippen molar-refractivity contribution in [3.8, 4) is 0 Å². The second kappa shape index (κ2) is 5.86. The Morgan fingerprint density at radius 2 is 2.13 bits per heavy atom. The van der Waals surface area contributed by atoms with Crippen molar-refractivity contribution in [2.75, 3.05) is 13.1 Å². The molecule has 3 unspecified atom stereocenters. The summed E-state index contributed by atoms with van der Waals surface area (Å²) in [5, 5.41) is 13.8. The van der Waals surface area contributed by atoms with Gasteiger partial charge < -0.3 is 10.4 Å². The molecule has 1 rings (SSSR count). The topological polar surface area (TPSA) is 32.3 Å². The first kappa shape index (κ1) is 13.0. The van der Waals surface area contributed by atoms with Gasteiger partial charge >= 0.3 is 0 Å². The van der Waals surface area contributed by atoms with Gasteiger partial charge in [0.25, 0.3) is 0 Å². The summed E-state index contributed by atoms with van der Waals surface area (Å²) in [4.78, 5) is 0. The highest BCUT2D eigenvalue weighted by molar-refractivity contribution is 4.87. The van der Waals surface area contributed by atoms with Crippen LogP contribution in [0.2, 0.25) is 0 Å². The van der Waals surface area contributed by atoms with Crippen molar-refractivity contribution in [1.82, 2.24) is 5.32 Å². The van der Waals surface area contributed by atoms with E-state index in [0.717, 1.165) is 25.4 Å². The zero-order valence-electron chi connectivity index (χ0n) is 10.6. The molecule has 1 fully saturated rings. The summed E-state index contributed by atoms with van der Waals surface area (Å²) < 4.78 is 0. The fraction of sp³-hybridized carbons (Fsp3) is 1.00. The molecule has 0 amide bonds. The van der Waals surface area contributed by atoms with Gasteiger partial charge in [-0.1, -0.05) is 26.7 Å². The highest BCUT2D eigenvalue weighted by atomic mass is 16.3. The lowest BCUT2D eigenvalue weighted by Gasteiger charge is -2.38. The molecule has 0 heterocycles. The molecule has 0 aliphatic heterocycles. The molecule has 90 valence electrons. The SMILES string of the molecule is CCCNCC(C)(O)C1CCCC(C)C1. The van der Waals surface area contributed by atoms with Crippen LogP contribution < -0.4 is 5.32 Å². The van der Waals surface area contributed by atoms with Crippen molar-refractivity contribution in [3.63, 3.8) is 0 Å². The second-order valence-corrected chi connectivity index (χ2v) is 5.50. The van der Waals surface area contributed by atoms with Crippen molar-refractivity contribution < 1.29 is 5.11 Å². The van der Waals surface area contributed by atoms with Crippen LogP contribution in [0.1, 0.15) is 52.9 Å². The highest BCUT2D eigenvalue weighted by Crippen LogP contribution is 2.35. The fourth-order valence-electron chi connectivity index (χ4n) is 2.66. The summed E-state index contributed by atoms with van der Waals surface area (Å²) >= 11 is 0. The van der Waals surface area contributed by atoms with Gasteiger partial charge in [0, 0.05) is 6.54 Å². The summed E-state index contributed by atoms with van der Waals surface area (Å²) in [7, 11) is 0. The summed E-state index contributed by atoms with van der Waals surface area (Å²) in [5.41, 5.74) is -0.510. The van der Waals surface area contributed by atoms with Crippen LogP contribution in [0.5, 0.6) is 0 Å². The molecule has 2 heteroatoms. The third kappa shape index (κ3) is 4.12. The average Bonchev–Trinajstić information content (AvgIpc) is 2.18. The van der Waals surface area contributed by atoms with E-state index in [1.54, 1.807) is 0 Å². The van der Waals surface area contributed by atoms with Crippen LogP contribution in [-0.4, -0.2) is 23.8 Å². The van der Waals surface area contributed by atoms with Crippen LogP contribution in [0.15, 0.2) is 0 Å². The zero-order valence-corrected chi connectivity index (χ0v) is 10.6. The molecule has 0 aromatic carbocycles. The summed E-state index contributed by atoms with van der Waals surface area (Å²) in [6, 6.07) is 0. The predicted octanol–water partition coefficient (Wildman–Crippen LogP) is 2.56. The maximum Gasteiger partial charge on any atom is 0.0771 e. The molecule has 1 saturated carbocycles. The third-order valence-electron chi connectivity index (χ3n) is 3.73. The maximum absolute atomic E-state index is 10.4. The Labute approximate surface area is 94.5 Å². The lowest BCUT2D eigenvalue weighted by Crippen LogP contribution is -2.46. The van der Waals surface area contributed by atoms with E-state index < -0.39 is 5.60 Å². The number of nitrogens with one attached hydrogen (secondary N) is 1. The van der Waals surface area contributed by atoms with Crippen molar-refractivity contribution in [2.45, 2.75) is 58.5 Å². The van der Waals surface area contributed by atoms with Crippen LogP contribution in [0.4, 0.5) is 0 Å².